The van der Waals surface area contributed by atoms with Crippen molar-refractivity contribution in [1.82, 2.24) is 5.32 Å². The quantitative estimate of drug-likeness (QED) is 0.703. The largest absolute Gasteiger partial charge is 0.307 e. The number of nitrogens with one attached hydrogen (secondary N) is 1. The first-order chi connectivity index (χ1) is 6.23. The lowest BCUT2D eigenvalue weighted by atomic mass is 9.77. The van der Waals surface area contributed by atoms with Crippen molar-refractivity contribution in [2.75, 3.05) is 0 Å². The second-order valence-corrected chi connectivity index (χ2v) is 4.83. The summed E-state index contributed by atoms with van der Waals surface area (Å²) >= 11 is 0. The lowest BCUT2D eigenvalue weighted by Gasteiger charge is -2.42. The van der Waals surface area contributed by atoms with Crippen LogP contribution < -0.4 is 5.32 Å². The Bertz CT molecular complexity index is 225. The Labute approximate surface area is 80.3 Å². The summed E-state index contributed by atoms with van der Waals surface area (Å²) < 4.78 is 0. The molecule has 72 valence electrons. The molecule has 2 atom stereocenters. The molecule has 1 N–H and O–H groups in total. The zero-order chi connectivity index (χ0) is 9.31. The molecule has 0 aromatic carbocycles. The highest BCUT2D eigenvalue weighted by atomic mass is 15.0. The molecule has 2 saturated carbocycles. The van der Waals surface area contributed by atoms with E-state index in [4.69, 9.17) is 5.26 Å². The van der Waals surface area contributed by atoms with Crippen molar-refractivity contribution in [3.63, 3.8) is 0 Å². The summed E-state index contributed by atoms with van der Waals surface area (Å²) in [5.41, 5.74) is 0.365. The molecule has 2 aliphatic rings. The normalized spacial score (nSPS) is 36.6. The molecule has 2 unspecified atom stereocenters. The molecule has 2 nitrogen and oxygen atoms in total. The van der Waals surface area contributed by atoms with Crippen LogP contribution in [0.2, 0.25) is 0 Å². The minimum atomic E-state index is 0.275. The summed E-state index contributed by atoms with van der Waals surface area (Å²) in [7, 11) is 0. The molecule has 13 heavy (non-hydrogen) atoms. The van der Waals surface area contributed by atoms with Crippen molar-refractivity contribution in [2.45, 2.75) is 57.0 Å². The van der Waals surface area contributed by atoms with Crippen LogP contribution in [0.15, 0.2) is 0 Å². The maximum absolute atomic E-state index is 8.93. The van der Waals surface area contributed by atoms with E-state index >= 15 is 0 Å². The van der Waals surface area contributed by atoms with Gasteiger partial charge in [-0.25, -0.2) is 0 Å². The number of hydrogen-bond donors (Lipinski definition) is 1. The van der Waals surface area contributed by atoms with E-state index in [-0.39, 0.29) is 5.92 Å². The zero-order valence-corrected chi connectivity index (χ0v) is 8.34. The average molecular weight is 178 g/mol. The van der Waals surface area contributed by atoms with E-state index in [0.717, 1.165) is 6.42 Å². The van der Waals surface area contributed by atoms with Gasteiger partial charge >= 0.3 is 0 Å². The van der Waals surface area contributed by atoms with Gasteiger partial charge < -0.3 is 5.32 Å². The highest BCUT2D eigenvalue weighted by molar-refractivity contribution is 5.02. The number of rotatable bonds is 2. The van der Waals surface area contributed by atoms with E-state index < -0.39 is 0 Å². The fourth-order valence-electron chi connectivity index (χ4n) is 2.59. The second-order valence-electron chi connectivity index (χ2n) is 4.83. The van der Waals surface area contributed by atoms with Crippen LogP contribution >= 0.6 is 0 Å². The summed E-state index contributed by atoms with van der Waals surface area (Å²) in [6.45, 7) is 2.29. The van der Waals surface area contributed by atoms with Gasteiger partial charge in [-0.1, -0.05) is 6.42 Å². The summed E-state index contributed by atoms with van der Waals surface area (Å²) in [5.74, 6) is 0.275. The summed E-state index contributed by atoms with van der Waals surface area (Å²) in [4.78, 5) is 0. The summed E-state index contributed by atoms with van der Waals surface area (Å²) in [6.07, 6.45) is 7.47. The van der Waals surface area contributed by atoms with E-state index in [1.807, 2.05) is 0 Å². The predicted molar refractivity (Wildman–Crippen MR) is 52.1 cm³/mol. The number of nitriles is 1. The van der Waals surface area contributed by atoms with Crippen LogP contribution in [0.3, 0.4) is 0 Å². The average Bonchev–Trinajstić information content (AvgIpc) is 2.49. The predicted octanol–water partition coefficient (Wildman–Crippen LogP) is 2.21. The van der Waals surface area contributed by atoms with E-state index in [2.05, 4.69) is 18.3 Å². The fraction of sp³-hybridized carbons (Fsp3) is 0.909. The Kier molecular flexibility index (Phi) is 2.29. The van der Waals surface area contributed by atoms with Gasteiger partial charge in [-0.2, -0.15) is 5.26 Å². The van der Waals surface area contributed by atoms with Gasteiger partial charge in [-0.15, -0.1) is 0 Å². The molecule has 0 aromatic rings. The van der Waals surface area contributed by atoms with E-state index in [0.29, 0.717) is 11.6 Å². The maximum atomic E-state index is 8.93. The van der Waals surface area contributed by atoms with Crippen molar-refractivity contribution >= 4 is 0 Å². The Morgan fingerprint density at radius 1 is 1.31 bits per heavy atom. The van der Waals surface area contributed by atoms with Crippen LogP contribution in [0.5, 0.6) is 0 Å². The Balaban J connectivity index is 1.90. The van der Waals surface area contributed by atoms with Gasteiger partial charge in [0.25, 0.3) is 0 Å². The smallest absolute Gasteiger partial charge is 0.0672 e. The summed E-state index contributed by atoms with van der Waals surface area (Å²) in [5, 5.41) is 12.6. The lowest BCUT2D eigenvalue weighted by Crippen LogP contribution is -2.53. The van der Waals surface area contributed by atoms with Gasteiger partial charge in [-0.3, -0.25) is 0 Å². The molecule has 2 fully saturated rings. The Morgan fingerprint density at radius 3 is 2.62 bits per heavy atom. The van der Waals surface area contributed by atoms with Gasteiger partial charge in [0.05, 0.1) is 12.0 Å². The zero-order valence-electron chi connectivity index (χ0n) is 8.34. The molecule has 0 radical (unpaired) electrons. The first-order valence-corrected chi connectivity index (χ1v) is 5.41. The second kappa shape index (κ2) is 3.31. The lowest BCUT2D eigenvalue weighted by molar-refractivity contribution is 0.178. The number of hydrogen-bond acceptors (Lipinski definition) is 2. The Hall–Kier alpha value is -0.550. The minimum Gasteiger partial charge on any atom is -0.307 e. The minimum absolute atomic E-state index is 0.275. The first-order valence-electron chi connectivity index (χ1n) is 5.41. The van der Waals surface area contributed by atoms with Crippen molar-refractivity contribution in [3.8, 4) is 6.07 Å². The fourth-order valence-corrected chi connectivity index (χ4v) is 2.59. The van der Waals surface area contributed by atoms with E-state index in [1.54, 1.807) is 0 Å². The molecule has 0 bridgehead atoms. The molecular formula is C11H18N2. The molecular weight excluding hydrogens is 160 g/mol. The van der Waals surface area contributed by atoms with Crippen LogP contribution in [-0.4, -0.2) is 11.6 Å². The topological polar surface area (TPSA) is 35.8 Å². The molecule has 0 aliphatic heterocycles. The van der Waals surface area contributed by atoms with E-state index in [9.17, 15) is 0 Å². The molecule has 2 aliphatic carbocycles. The summed E-state index contributed by atoms with van der Waals surface area (Å²) in [6, 6.07) is 2.90. The van der Waals surface area contributed by atoms with Crippen LogP contribution in [0.25, 0.3) is 0 Å². The van der Waals surface area contributed by atoms with Gasteiger partial charge in [0, 0.05) is 11.6 Å². The van der Waals surface area contributed by atoms with Gasteiger partial charge in [0.15, 0.2) is 0 Å². The van der Waals surface area contributed by atoms with Crippen LogP contribution in [-0.2, 0) is 0 Å². The molecule has 0 heterocycles. The maximum Gasteiger partial charge on any atom is 0.0672 e. The van der Waals surface area contributed by atoms with Crippen molar-refractivity contribution in [1.29, 1.82) is 5.26 Å². The number of nitrogens with zero attached hydrogens (tertiary/aromatic N) is 1. The molecule has 2 heteroatoms. The van der Waals surface area contributed by atoms with Crippen molar-refractivity contribution < 1.29 is 0 Å². The van der Waals surface area contributed by atoms with Crippen LogP contribution in [0, 0.1) is 17.2 Å². The van der Waals surface area contributed by atoms with Gasteiger partial charge in [-0.05, 0) is 39.0 Å². The molecule has 0 spiro atoms. The third kappa shape index (κ3) is 1.71. The van der Waals surface area contributed by atoms with Crippen LogP contribution in [0.4, 0.5) is 0 Å². The standard InChI is InChI=1S/C11H18N2/c1-11(6-3-7-11)13-10-5-2-4-9(10)8-12/h9-10,13H,2-7H2,1H3. The molecule has 2 rings (SSSR count). The third-order valence-corrected chi connectivity index (χ3v) is 3.67. The third-order valence-electron chi connectivity index (χ3n) is 3.67. The van der Waals surface area contributed by atoms with Crippen molar-refractivity contribution in [3.05, 3.63) is 0 Å². The SMILES string of the molecule is CC1(NC2CCCC2C#N)CCC1. The first kappa shape index (κ1) is 9.02. The highest BCUT2D eigenvalue weighted by Crippen LogP contribution is 2.35. The highest BCUT2D eigenvalue weighted by Gasteiger charge is 2.37. The molecule has 0 aromatic heterocycles. The van der Waals surface area contributed by atoms with Crippen molar-refractivity contribution in [2.24, 2.45) is 5.92 Å². The van der Waals surface area contributed by atoms with E-state index in [1.165, 1.54) is 32.1 Å². The monoisotopic (exact) mass is 178 g/mol. The molecule has 0 saturated heterocycles. The van der Waals surface area contributed by atoms with Crippen LogP contribution in [0.1, 0.15) is 45.4 Å². The van der Waals surface area contributed by atoms with Gasteiger partial charge in [0.1, 0.15) is 0 Å². The Morgan fingerprint density at radius 2 is 2.08 bits per heavy atom. The van der Waals surface area contributed by atoms with Gasteiger partial charge in [0.2, 0.25) is 0 Å². The molecule has 0 amide bonds.